The lowest BCUT2D eigenvalue weighted by Gasteiger charge is -2.36. The van der Waals surface area contributed by atoms with Gasteiger partial charge in [0.15, 0.2) is 0 Å². The van der Waals surface area contributed by atoms with E-state index in [1.54, 1.807) is 7.11 Å². The summed E-state index contributed by atoms with van der Waals surface area (Å²) in [6.45, 7) is 6.58. The molecule has 0 radical (unpaired) electrons. The topological polar surface area (TPSA) is 41.5 Å². The Balaban J connectivity index is 2.25. The van der Waals surface area contributed by atoms with Crippen LogP contribution in [0.25, 0.3) is 0 Å². The highest BCUT2D eigenvalue weighted by Gasteiger charge is 2.31. The van der Waals surface area contributed by atoms with Gasteiger partial charge in [-0.15, -0.1) is 0 Å². The van der Waals surface area contributed by atoms with E-state index in [9.17, 15) is 5.11 Å². The molecule has 0 bridgehead atoms. The van der Waals surface area contributed by atoms with E-state index >= 15 is 0 Å². The second-order valence-corrected chi connectivity index (χ2v) is 6.28. The van der Waals surface area contributed by atoms with Gasteiger partial charge in [-0.3, -0.25) is 0 Å². The van der Waals surface area contributed by atoms with Gasteiger partial charge in [-0.1, -0.05) is 32.9 Å². The Morgan fingerprint density at radius 2 is 2.11 bits per heavy atom. The molecule has 3 nitrogen and oxygen atoms in total. The Bertz CT molecular complexity index is 423. The highest BCUT2D eigenvalue weighted by atomic mass is 16.5. The van der Waals surface area contributed by atoms with Gasteiger partial charge in [0, 0.05) is 6.42 Å². The fourth-order valence-corrected chi connectivity index (χ4v) is 2.58. The Kier molecular flexibility index (Phi) is 3.53. The molecule has 0 aromatic heterocycles. The number of ether oxygens (including phenoxy) is 1. The molecule has 1 heterocycles. The van der Waals surface area contributed by atoms with E-state index in [0.29, 0.717) is 6.42 Å². The minimum Gasteiger partial charge on any atom is -0.495 e. The van der Waals surface area contributed by atoms with Crippen molar-refractivity contribution in [2.24, 2.45) is 5.41 Å². The molecule has 1 aromatic carbocycles. The van der Waals surface area contributed by atoms with E-state index in [0.717, 1.165) is 23.4 Å². The fourth-order valence-electron chi connectivity index (χ4n) is 2.58. The van der Waals surface area contributed by atoms with Crippen molar-refractivity contribution in [1.29, 1.82) is 0 Å². The van der Waals surface area contributed by atoms with Crippen LogP contribution in [-0.2, 0) is 6.42 Å². The van der Waals surface area contributed by atoms with Gasteiger partial charge in [0.25, 0.3) is 0 Å². The molecule has 0 spiro atoms. The molecule has 100 valence electrons. The van der Waals surface area contributed by atoms with Gasteiger partial charge in [-0.2, -0.15) is 0 Å². The summed E-state index contributed by atoms with van der Waals surface area (Å²) in [5, 5.41) is 13.7. The summed E-state index contributed by atoms with van der Waals surface area (Å²) in [7, 11) is 1.68. The van der Waals surface area contributed by atoms with Crippen molar-refractivity contribution in [3.63, 3.8) is 0 Å². The lowest BCUT2D eigenvalue weighted by atomic mass is 9.83. The molecule has 2 N–H and O–H groups in total. The summed E-state index contributed by atoms with van der Waals surface area (Å²) < 4.78 is 5.38. The lowest BCUT2D eigenvalue weighted by Crippen LogP contribution is -2.41. The van der Waals surface area contributed by atoms with E-state index < -0.39 is 0 Å². The van der Waals surface area contributed by atoms with E-state index in [1.165, 1.54) is 0 Å². The zero-order chi connectivity index (χ0) is 13.3. The van der Waals surface area contributed by atoms with Crippen LogP contribution in [0.4, 0.5) is 5.69 Å². The van der Waals surface area contributed by atoms with Gasteiger partial charge >= 0.3 is 0 Å². The SMILES string of the molecule is COc1cccc2c1NC(CC(C)(C)C)C(O)C2. The molecule has 0 saturated carbocycles. The Morgan fingerprint density at radius 3 is 2.72 bits per heavy atom. The van der Waals surface area contributed by atoms with Gasteiger partial charge in [0.05, 0.1) is 24.9 Å². The van der Waals surface area contributed by atoms with Crippen LogP contribution in [0, 0.1) is 5.41 Å². The molecule has 0 amide bonds. The average Bonchev–Trinajstić information content (AvgIpc) is 2.27. The first-order chi connectivity index (χ1) is 8.40. The van der Waals surface area contributed by atoms with Crippen LogP contribution in [0.3, 0.4) is 0 Å². The third-order valence-electron chi connectivity index (χ3n) is 3.39. The molecule has 1 aliphatic rings. The van der Waals surface area contributed by atoms with Crippen molar-refractivity contribution in [2.75, 3.05) is 12.4 Å². The molecule has 0 fully saturated rings. The summed E-state index contributed by atoms with van der Waals surface area (Å²) in [4.78, 5) is 0. The number of benzene rings is 1. The van der Waals surface area contributed by atoms with E-state index in [2.05, 4.69) is 26.1 Å². The highest BCUT2D eigenvalue weighted by Crippen LogP contribution is 2.36. The number of aliphatic hydroxyl groups excluding tert-OH is 1. The number of fused-ring (bicyclic) bond motifs is 1. The van der Waals surface area contributed by atoms with Crippen molar-refractivity contribution in [3.05, 3.63) is 23.8 Å². The summed E-state index contributed by atoms with van der Waals surface area (Å²) in [6, 6.07) is 6.06. The van der Waals surface area contributed by atoms with Crippen molar-refractivity contribution >= 4 is 5.69 Å². The predicted molar refractivity (Wildman–Crippen MR) is 74.2 cm³/mol. The maximum atomic E-state index is 10.2. The number of para-hydroxylation sites is 1. The van der Waals surface area contributed by atoms with Crippen LogP contribution >= 0.6 is 0 Å². The molecule has 3 heteroatoms. The van der Waals surface area contributed by atoms with Crippen molar-refractivity contribution in [1.82, 2.24) is 0 Å². The van der Waals surface area contributed by atoms with E-state index in [-0.39, 0.29) is 17.6 Å². The standard InChI is InChI=1S/C15H23NO2/c1-15(2,3)9-11-12(17)8-10-6-5-7-13(18-4)14(10)16-11/h5-7,11-12,16-17H,8-9H2,1-4H3. The molecule has 2 atom stereocenters. The fraction of sp³-hybridized carbons (Fsp3) is 0.600. The highest BCUT2D eigenvalue weighted by molar-refractivity contribution is 5.64. The maximum Gasteiger partial charge on any atom is 0.142 e. The van der Waals surface area contributed by atoms with Crippen LogP contribution in [0.2, 0.25) is 0 Å². The average molecular weight is 249 g/mol. The van der Waals surface area contributed by atoms with Gasteiger partial charge in [0.1, 0.15) is 5.75 Å². The van der Waals surface area contributed by atoms with Crippen molar-refractivity contribution in [3.8, 4) is 5.75 Å². The van der Waals surface area contributed by atoms with Crippen LogP contribution in [0.5, 0.6) is 5.75 Å². The number of hydrogen-bond donors (Lipinski definition) is 2. The molecule has 2 unspecified atom stereocenters. The van der Waals surface area contributed by atoms with Crippen molar-refractivity contribution in [2.45, 2.75) is 45.8 Å². The largest absolute Gasteiger partial charge is 0.495 e. The van der Waals surface area contributed by atoms with Crippen LogP contribution < -0.4 is 10.1 Å². The molecular formula is C15H23NO2. The predicted octanol–water partition coefficient (Wildman–Crippen LogP) is 2.83. The van der Waals surface area contributed by atoms with Crippen LogP contribution in [0.15, 0.2) is 18.2 Å². The molecule has 18 heavy (non-hydrogen) atoms. The zero-order valence-corrected chi connectivity index (χ0v) is 11.7. The normalized spacial score (nSPS) is 23.2. The Labute approximate surface area is 109 Å². The molecular weight excluding hydrogens is 226 g/mol. The van der Waals surface area contributed by atoms with Gasteiger partial charge in [-0.25, -0.2) is 0 Å². The van der Waals surface area contributed by atoms with E-state index in [1.807, 2.05) is 18.2 Å². The molecule has 1 aliphatic heterocycles. The van der Waals surface area contributed by atoms with Gasteiger partial charge in [0.2, 0.25) is 0 Å². The number of rotatable bonds is 2. The molecule has 0 saturated heterocycles. The third-order valence-corrected chi connectivity index (χ3v) is 3.39. The number of methoxy groups -OCH3 is 1. The monoisotopic (exact) mass is 249 g/mol. The summed E-state index contributed by atoms with van der Waals surface area (Å²) in [6.07, 6.45) is 1.30. The second-order valence-electron chi connectivity index (χ2n) is 6.28. The first-order valence-corrected chi connectivity index (χ1v) is 6.51. The summed E-state index contributed by atoms with van der Waals surface area (Å²) >= 11 is 0. The number of aliphatic hydroxyl groups is 1. The van der Waals surface area contributed by atoms with Crippen LogP contribution in [-0.4, -0.2) is 24.4 Å². The minimum atomic E-state index is -0.330. The van der Waals surface area contributed by atoms with Crippen LogP contribution in [0.1, 0.15) is 32.8 Å². The van der Waals surface area contributed by atoms with Gasteiger partial charge in [-0.05, 0) is 23.5 Å². The Hall–Kier alpha value is -1.22. The maximum absolute atomic E-state index is 10.2. The quantitative estimate of drug-likeness (QED) is 0.847. The zero-order valence-electron chi connectivity index (χ0n) is 11.7. The van der Waals surface area contributed by atoms with Crippen molar-refractivity contribution < 1.29 is 9.84 Å². The first-order valence-electron chi connectivity index (χ1n) is 6.51. The third kappa shape index (κ3) is 2.78. The number of nitrogens with one attached hydrogen (secondary N) is 1. The number of anilines is 1. The smallest absolute Gasteiger partial charge is 0.142 e. The number of hydrogen-bond acceptors (Lipinski definition) is 3. The first kappa shape index (κ1) is 13.2. The summed E-state index contributed by atoms with van der Waals surface area (Å²) in [5.74, 6) is 0.860. The summed E-state index contributed by atoms with van der Waals surface area (Å²) in [5.41, 5.74) is 2.37. The minimum absolute atomic E-state index is 0.0915. The Morgan fingerprint density at radius 1 is 1.39 bits per heavy atom. The van der Waals surface area contributed by atoms with E-state index in [4.69, 9.17) is 4.74 Å². The second kappa shape index (κ2) is 4.81. The molecule has 1 aromatic rings. The molecule has 2 rings (SSSR count). The lowest BCUT2D eigenvalue weighted by molar-refractivity contribution is 0.126. The molecule has 0 aliphatic carbocycles. The van der Waals surface area contributed by atoms with Gasteiger partial charge < -0.3 is 15.2 Å².